The van der Waals surface area contributed by atoms with Gasteiger partial charge in [-0.2, -0.15) is 5.26 Å². The van der Waals surface area contributed by atoms with Crippen LogP contribution in [0.25, 0.3) is 0 Å². The van der Waals surface area contributed by atoms with Gasteiger partial charge in [-0.05, 0) is 37.5 Å². The second-order valence-corrected chi connectivity index (χ2v) is 6.52. The van der Waals surface area contributed by atoms with E-state index in [4.69, 9.17) is 9.47 Å². The summed E-state index contributed by atoms with van der Waals surface area (Å²) in [5.74, 6) is 0.694. The number of carbonyl (C=O) groups is 1. The van der Waals surface area contributed by atoms with E-state index >= 15 is 0 Å². The number of nitrogens with zero attached hydrogens (tertiary/aromatic N) is 1. The maximum atomic E-state index is 12.5. The van der Waals surface area contributed by atoms with Crippen LogP contribution in [0.1, 0.15) is 52.5 Å². The van der Waals surface area contributed by atoms with E-state index in [1.807, 2.05) is 13.8 Å². The molecule has 24 heavy (non-hydrogen) atoms. The predicted octanol–water partition coefficient (Wildman–Crippen LogP) is 4.13. The Bertz CT molecular complexity index is 593. The molecule has 1 N–H and O–H groups in total. The summed E-state index contributed by atoms with van der Waals surface area (Å²) in [6.45, 7) is 8.48. The topological polar surface area (TPSA) is 71.3 Å². The molecule has 5 heteroatoms. The van der Waals surface area contributed by atoms with Crippen molar-refractivity contribution < 1.29 is 14.3 Å². The van der Waals surface area contributed by atoms with Crippen LogP contribution >= 0.6 is 0 Å². The molecule has 0 aliphatic carbocycles. The van der Waals surface area contributed by atoms with Gasteiger partial charge in [0, 0.05) is 12.8 Å². The van der Waals surface area contributed by atoms with Gasteiger partial charge in [0.2, 0.25) is 0 Å². The van der Waals surface area contributed by atoms with E-state index in [1.54, 1.807) is 32.2 Å². The summed E-state index contributed by atoms with van der Waals surface area (Å²) < 4.78 is 11.0. The highest BCUT2D eigenvalue weighted by atomic mass is 16.5. The molecule has 1 rings (SSSR count). The second kappa shape index (κ2) is 9.29. The molecule has 1 atom stereocenters. The van der Waals surface area contributed by atoms with E-state index in [0.717, 1.165) is 12.8 Å². The number of hydrogen-bond donors (Lipinski definition) is 1. The van der Waals surface area contributed by atoms with E-state index < -0.39 is 5.60 Å². The molecule has 0 saturated heterocycles. The fraction of sp³-hybridized carbons (Fsp3) is 0.579. The quantitative estimate of drug-likeness (QED) is 0.738. The number of unbranched alkanes of at least 4 members (excludes halogenated alkanes) is 1. The first-order valence-electron chi connectivity index (χ1n) is 8.39. The summed E-state index contributed by atoms with van der Waals surface area (Å²) in [7, 11) is 1.54. The van der Waals surface area contributed by atoms with Crippen LogP contribution in [0.5, 0.6) is 5.75 Å². The van der Waals surface area contributed by atoms with Gasteiger partial charge in [-0.25, -0.2) is 0 Å². The fourth-order valence-electron chi connectivity index (χ4n) is 2.16. The lowest BCUT2D eigenvalue weighted by atomic mass is 9.97. The fourth-order valence-corrected chi connectivity index (χ4v) is 2.16. The first-order valence-corrected chi connectivity index (χ1v) is 8.39. The molecule has 0 saturated carbocycles. The van der Waals surface area contributed by atoms with Gasteiger partial charge >= 0.3 is 0 Å². The van der Waals surface area contributed by atoms with Crippen molar-refractivity contribution in [3.05, 3.63) is 23.8 Å². The second-order valence-electron chi connectivity index (χ2n) is 6.52. The van der Waals surface area contributed by atoms with Crippen LogP contribution < -0.4 is 10.1 Å². The van der Waals surface area contributed by atoms with Gasteiger partial charge in [0.25, 0.3) is 5.91 Å². The van der Waals surface area contributed by atoms with Gasteiger partial charge in [0.05, 0.1) is 12.2 Å². The van der Waals surface area contributed by atoms with Crippen LogP contribution in [0.2, 0.25) is 0 Å². The Hall–Kier alpha value is -2.06. The lowest BCUT2D eigenvalue weighted by Gasteiger charge is -2.26. The van der Waals surface area contributed by atoms with Crippen molar-refractivity contribution >= 4 is 11.6 Å². The van der Waals surface area contributed by atoms with E-state index in [-0.39, 0.29) is 5.91 Å². The van der Waals surface area contributed by atoms with Gasteiger partial charge < -0.3 is 14.8 Å². The number of methoxy groups -OCH3 is 1. The van der Waals surface area contributed by atoms with Crippen LogP contribution in [0.15, 0.2) is 18.2 Å². The van der Waals surface area contributed by atoms with Gasteiger partial charge in [0.15, 0.2) is 0 Å². The lowest BCUT2D eigenvalue weighted by Crippen LogP contribution is -2.41. The molecule has 132 valence electrons. The predicted molar refractivity (Wildman–Crippen MR) is 95.1 cm³/mol. The summed E-state index contributed by atoms with van der Waals surface area (Å²) in [5.41, 5.74) is 0.0877. The van der Waals surface area contributed by atoms with E-state index in [9.17, 15) is 10.1 Å². The first kappa shape index (κ1) is 20.0. The summed E-state index contributed by atoms with van der Waals surface area (Å²) in [6, 6.07) is 7.20. The SMILES string of the molecule is CCCC[C@](C)(OC)C(=O)Nc1ccc(OCC(C)C)c(C#N)c1. The van der Waals surface area contributed by atoms with Gasteiger partial charge in [-0.3, -0.25) is 4.79 Å². The number of rotatable bonds is 9. The lowest BCUT2D eigenvalue weighted by molar-refractivity contribution is -0.136. The molecule has 5 nitrogen and oxygen atoms in total. The normalized spacial score (nSPS) is 13.2. The molecule has 0 spiro atoms. The average Bonchev–Trinajstić information content (AvgIpc) is 2.58. The average molecular weight is 332 g/mol. The number of nitrogens with one attached hydrogen (secondary N) is 1. The Morgan fingerprint density at radius 1 is 1.42 bits per heavy atom. The molecule has 0 aliphatic rings. The van der Waals surface area contributed by atoms with Crippen molar-refractivity contribution in [2.45, 2.75) is 52.6 Å². The number of benzene rings is 1. The molecular formula is C19H28N2O3. The van der Waals surface area contributed by atoms with Crippen LogP contribution in [-0.4, -0.2) is 25.2 Å². The minimum Gasteiger partial charge on any atom is -0.492 e. The van der Waals surface area contributed by atoms with Crippen molar-refractivity contribution in [3.8, 4) is 11.8 Å². The van der Waals surface area contributed by atoms with Gasteiger partial charge in [-0.15, -0.1) is 0 Å². The van der Waals surface area contributed by atoms with E-state index in [0.29, 0.717) is 35.9 Å². The van der Waals surface area contributed by atoms with Crippen molar-refractivity contribution in [1.29, 1.82) is 5.26 Å². The van der Waals surface area contributed by atoms with Crippen molar-refractivity contribution in [2.24, 2.45) is 5.92 Å². The summed E-state index contributed by atoms with van der Waals surface area (Å²) in [5, 5.41) is 12.1. The Morgan fingerprint density at radius 3 is 2.67 bits per heavy atom. The zero-order valence-corrected chi connectivity index (χ0v) is 15.3. The summed E-state index contributed by atoms with van der Waals surface area (Å²) in [4.78, 5) is 12.5. The minimum absolute atomic E-state index is 0.210. The Kier molecular flexibility index (Phi) is 7.73. The third kappa shape index (κ3) is 5.54. The highest BCUT2D eigenvalue weighted by Crippen LogP contribution is 2.25. The number of amides is 1. The zero-order valence-electron chi connectivity index (χ0n) is 15.3. The molecule has 0 aliphatic heterocycles. The maximum absolute atomic E-state index is 12.5. The number of anilines is 1. The summed E-state index contributed by atoms with van der Waals surface area (Å²) in [6.07, 6.45) is 2.54. The van der Waals surface area contributed by atoms with E-state index in [2.05, 4.69) is 18.3 Å². The van der Waals surface area contributed by atoms with Crippen LogP contribution in [-0.2, 0) is 9.53 Å². The molecule has 0 radical (unpaired) electrons. The van der Waals surface area contributed by atoms with Crippen LogP contribution in [0, 0.1) is 17.2 Å². The molecule has 1 amide bonds. The highest BCUT2D eigenvalue weighted by Gasteiger charge is 2.32. The Morgan fingerprint density at radius 2 is 2.12 bits per heavy atom. The molecule has 1 aromatic carbocycles. The number of nitriles is 1. The molecule has 1 aromatic rings. The zero-order chi connectivity index (χ0) is 18.2. The molecule has 0 fully saturated rings. The molecule has 0 bridgehead atoms. The van der Waals surface area contributed by atoms with Crippen molar-refractivity contribution in [2.75, 3.05) is 19.0 Å². The standard InChI is InChI=1S/C19H28N2O3/c1-6-7-10-19(4,23-5)18(22)21-16-8-9-17(15(11-16)12-20)24-13-14(2)3/h8-9,11,14H,6-7,10,13H2,1-5H3,(H,21,22)/t19-/m0/s1. The van der Waals surface area contributed by atoms with Gasteiger partial charge in [0.1, 0.15) is 17.4 Å². The number of hydrogen-bond acceptors (Lipinski definition) is 4. The number of ether oxygens (including phenoxy) is 2. The third-order valence-corrected chi connectivity index (χ3v) is 3.87. The molecule has 0 unspecified atom stereocenters. The Labute approximate surface area is 145 Å². The number of carbonyl (C=O) groups excluding carboxylic acids is 1. The monoisotopic (exact) mass is 332 g/mol. The minimum atomic E-state index is -0.879. The molecular weight excluding hydrogens is 304 g/mol. The largest absolute Gasteiger partial charge is 0.492 e. The third-order valence-electron chi connectivity index (χ3n) is 3.87. The van der Waals surface area contributed by atoms with Crippen molar-refractivity contribution in [1.82, 2.24) is 0 Å². The van der Waals surface area contributed by atoms with Crippen LogP contribution in [0.3, 0.4) is 0 Å². The highest BCUT2D eigenvalue weighted by molar-refractivity contribution is 5.97. The molecule has 0 aromatic heterocycles. The smallest absolute Gasteiger partial charge is 0.256 e. The first-order chi connectivity index (χ1) is 11.4. The van der Waals surface area contributed by atoms with Gasteiger partial charge in [-0.1, -0.05) is 33.6 Å². The van der Waals surface area contributed by atoms with Crippen molar-refractivity contribution in [3.63, 3.8) is 0 Å². The van der Waals surface area contributed by atoms with E-state index in [1.165, 1.54) is 0 Å². The van der Waals surface area contributed by atoms with Crippen LogP contribution in [0.4, 0.5) is 5.69 Å². The maximum Gasteiger partial charge on any atom is 0.256 e. The molecule has 0 heterocycles. The summed E-state index contributed by atoms with van der Waals surface area (Å²) >= 11 is 0. The Balaban J connectivity index is 2.87.